The fourth-order valence-electron chi connectivity index (χ4n) is 3.54. The second-order valence-electron chi connectivity index (χ2n) is 6.30. The first-order valence-electron chi connectivity index (χ1n) is 7.78. The topological polar surface area (TPSA) is 17.1 Å². The van der Waals surface area contributed by atoms with Gasteiger partial charge < -0.3 is 0 Å². The highest BCUT2D eigenvalue weighted by molar-refractivity contribution is 6.67. The summed E-state index contributed by atoms with van der Waals surface area (Å²) < 4.78 is 0. The molecule has 0 amide bonds. The van der Waals surface area contributed by atoms with Crippen LogP contribution in [0.2, 0.25) is 0 Å². The molecule has 0 radical (unpaired) electrons. The van der Waals surface area contributed by atoms with Crippen molar-refractivity contribution in [3.8, 4) is 0 Å². The van der Waals surface area contributed by atoms with Crippen molar-refractivity contribution in [2.45, 2.75) is 46.0 Å². The van der Waals surface area contributed by atoms with Crippen molar-refractivity contribution in [3.63, 3.8) is 0 Å². The van der Waals surface area contributed by atoms with Crippen LogP contribution in [-0.2, 0) is 12.8 Å². The van der Waals surface area contributed by atoms with Gasteiger partial charge in [0.2, 0.25) is 0 Å². The van der Waals surface area contributed by atoms with Crippen LogP contribution in [0.25, 0.3) is 0 Å². The highest BCUT2D eigenvalue weighted by Gasteiger charge is 2.49. The summed E-state index contributed by atoms with van der Waals surface area (Å²) in [5.74, 6) is 0. The molecule has 1 aromatic rings. The van der Waals surface area contributed by atoms with Crippen LogP contribution in [0.1, 0.15) is 54.6 Å². The zero-order valence-corrected chi connectivity index (χ0v) is 13.5. The van der Waals surface area contributed by atoms with Crippen LogP contribution in [0.3, 0.4) is 0 Å². The molecule has 0 aromatic heterocycles. The van der Waals surface area contributed by atoms with Gasteiger partial charge in [-0.3, -0.25) is 4.79 Å². The van der Waals surface area contributed by atoms with E-state index in [2.05, 4.69) is 38.1 Å². The summed E-state index contributed by atoms with van der Waals surface area (Å²) in [5, 5.41) is -0.337. The van der Waals surface area contributed by atoms with Gasteiger partial charge in [-0.05, 0) is 60.9 Å². The highest BCUT2D eigenvalue weighted by atomic mass is 35.5. The van der Waals surface area contributed by atoms with E-state index in [1.165, 1.54) is 24.0 Å². The van der Waals surface area contributed by atoms with Gasteiger partial charge in [0.25, 0.3) is 5.24 Å². The van der Waals surface area contributed by atoms with Gasteiger partial charge in [0.1, 0.15) is 0 Å². The molecule has 1 unspecified atom stereocenters. The molecule has 1 aromatic carbocycles. The zero-order valence-electron chi connectivity index (χ0n) is 12.7. The van der Waals surface area contributed by atoms with E-state index in [1.54, 1.807) is 5.57 Å². The van der Waals surface area contributed by atoms with Gasteiger partial charge in [0.15, 0.2) is 0 Å². The Hall–Kier alpha value is -1.34. The Morgan fingerprint density at radius 2 is 2.00 bits per heavy atom. The molecule has 21 heavy (non-hydrogen) atoms. The number of carbonyl (C=O) groups excluding carboxylic acids is 1. The summed E-state index contributed by atoms with van der Waals surface area (Å²) in [7, 11) is 0. The molecule has 2 aliphatic carbocycles. The predicted molar refractivity (Wildman–Crippen MR) is 87.8 cm³/mol. The first kappa shape index (κ1) is 14.6. The lowest BCUT2D eigenvalue weighted by Crippen LogP contribution is -2.10. The molecule has 0 saturated heterocycles. The second kappa shape index (κ2) is 5.46. The number of halogens is 1. The first-order chi connectivity index (χ1) is 10.1. The average Bonchev–Trinajstić information content (AvgIpc) is 3.19. The molecule has 1 fully saturated rings. The fraction of sp³-hybridized carbons (Fsp3) is 0.421. The molecule has 3 rings (SSSR count). The predicted octanol–water partition coefficient (Wildman–Crippen LogP) is 5.23. The van der Waals surface area contributed by atoms with Crippen LogP contribution in [0.4, 0.5) is 0 Å². The highest BCUT2D eigenvalue weighted by Crippen LogP contribution is 2.60. The molecule has 1 saturated carbocycles. The van der Waals surface area contributed by atoms with Gasteiger partial charge in [0.05, 0.1) is 0 Å². The van der Waals surface area contributed by atoms with Crippen molar-refractivity contribution in [2.75, 3.05) is 0 Å². The Bertz CT molecular complexity index is 654. The largest absolute Gasteiger partial charge is 0.276 e. The van der Waals surface area contributed by atoms with Gasteiger partial charge in [-0.25, -0.2) is 0 Å². The third-order valence-corrected chi connectivity index (χ3v) is 5.14. The molecular weight excluding hydrogens is 280 g/mol. The summed E-state index contributed by atoms with van der Waals surface area (Å²) in [6.07, 6.45) is 9.96. The first-order valence-corrected chi connectivity index (χ1v) is 8.16. The third kappa shape index (κ3) is 2.72. The number of rotatable bonds is 5. The second-order valence-corrected chi connectivity index (χ2v) is 6.64. The van der Waals surface area contributed by atoms with E-state index in [0.29, 0.717) is 11.0 Å². The summed E-state index contributed by atoms with van der Waals surface area (Å²) in [6.45, 7) is 4.28. The van der Waals surface area contributed by atoms with Crippen LogP contribution < -0.4 is 0 Å². The van der Waals surface area contributed by atoms with Gasteiger partial charge in [-0.1, -0.05) is 49.3 Å². The van der Waals surface area contributed by atoms with Crippen molar-refractivity contribution in [1.29, 1.82) is 0 Å². The van der Waals surface area contributed by atoms with Gasteiger partial charge in [-0.2, -0.15) is 0 Å². The maximum Gasteiger partial charge on any atom is 0.252 e. The Balaban J connectivity index is 1.84. The number of aryl methyl sites for hydroxylation is 1. The third-order valence-electron chi connectivity index (χ3n) is 4.93. The van der Waals surface area contributed by atoms with Crippen molar-refractivity contribution in [2.24, 2.45) is 5.41 Å². The Morgan fingerprint density at radius 3 is 2.67 bits per heavy atom. The summed E-state index contributed by atoms with van der Waals surface area (Å²) >= 11 is 5.73. The number of fused-ring (bicyclic) bond motifs is 1. The van der Waals surface area contributed by atoms with Crippen molar-refractivity contribution in [1.82, 2.24) is 0 Å². The normalized spacial score (nSPS) is 23.2. The summed E-state index contributed by atoms with van der Waals surface area (Å²) in [4.78, 5) is 11.6. The van der Waals surface area contributed by atoms with Gasteiger partial charge in [-0.15, -0.1) is 0 Å². The standard InChI is InChI=1S/C19H21ClO/c1-3-13-6-8-16-12-19(16,10-13)11-14-5-7-15(4-2)17(9-14)18(20)21/h5-9H,3-4,10-12H2,1-2H3. The van der Waals surface area contributed by atoms with Crippen LogP contribution in [-0.4, -0.2) is 5.24 Å². The minimum Gasteiger partial charge on any atom is -0.276 e. The van der Waals surface area contributed by atoms with E-state index < -0.39 is 0 Å². The minimum atomic E-state index is -0.337. The zero-order chi connectivity index (χ0) is 15.0. The Morgan fingerprint density at radius 1 is 1.19 bits per heavy atom. The number of benzene rings is 1. The summed E-state index contributed by atoms with van der Waals surface area (Å²) in [5.41, 5.74) is 6.40. The van der Waals surface area contributed by atoms with Crippen molar-refractivity contribution >= 4 is 16.8 Å². The monoisotopic (exact) mass is 300 g/mol. The maximum atomic E-state index is 11.6. The molecular formula is C19H21ClO. The molecule has 0 aliphatic heterocycles. The molecule has 0 heterocycles. The van der Waals surface area contributed by atoms with Crippen LogP contribution in [0.5, 0.6) is 0 Å². The lowest BCUT2D eigenvalue weighted by atomic mass is 9.84. The summed E-state index contributed by atoms with van der Waals surface area (Å²) in [6, 6.07) is 6.23. The van der Waals surface area contributed by atoms with E-state index >= 15 is 0 Å². The average molecular weight is 301 g/mol. The molecule has 0 N–H and O–H groups in total. The van der Waals surface area contributed by atoms with E-state index in [0.717, 1.165) is 24.8 Å². The van der Waals surface area contributed by atoms with Gasteiger partial charge in [0, 0.05) is 11.0 Å². The van der Waals surface area contributed by atoms with Gasteiger partial charge >= 0.3 is 0 Å². The Labute approximate surface area is 131 Å². The minimum absolute atomic E-state index is 0.334. The maximum absolute atomic E-state index is 11.6. The molecule has 2 aliphatic rings. The number of hydrogen-bond donors (Lipinski definition) is 0. The lowest BCUT2D eigenvalue weighted by molar-refractivity contribution is 0.108. The molecule has 110 valence electrons. The number of allylic oxidation sites excluding steroid dienone is 4. The number of carbonyl (C=O) groups is 1. The van der Waals surface area contributed by atoms with Crippen LogP contribution in [0.15, 0.2) is 41.5 Å². The lowest BCUT2D eigenvalue weighted by Gasteiger charge is -2.20. The van der Waals surface area contributed by atoms with Crippen molar-refractivity contribution in [3.05, 3.63) is 58.2 Å². The SMILES string of the molecule is CCC1=CC=C2CC2(Cc2ccc(CC)c(C(=O)Cl)c2)C1. The molecule has 0 bridgehead atoms. The quantitative estimate of drug-likeness (QED) is 0.681. The van der Waals surface area contributed by atoms with E-state index in [1.807, 2.05) is 6.07 Å². The smallest absolute Gasteiger partial charge is 0.252 e. The number of hydrogen-bond acceptors (Lipinski definition) is 1. The molecule has 1 nitrogen and oxygen atoms in total. The van der Waals surface area contributed by atoms with Crippen molar-refractivity contribution < 1.29 is 4.79 Å². The van der Waals surface area contributed by atoms with E-state index in [9.17, 15) is 4.79 Å². The molecule has 0 spiro atoms. The Kier molecular flexibility index (Phi) is 3.79. The fourth-order valence-corrected chi connectivity index (χ4v) is 3.72. The van der Waals surface area contributed by atoms with E-state index in [4.69, 9.17) is 11.6 Å². The van der Waals surface area contributed by atoms with Crippen LogP contribution >= 0.6 is 11.6 Å². The molecule has 2 heteroatoms. The van der Waals surface area contributed by atoms with Crippen LogP contribution in [0, 0.1) is 5.41 Å². The molecule has 1 atom stereocenters. The van der Waals surface area contributed by atoms with E-state index in [-0.39, 0.29) is 5.24 Å².